The van der Waals surface area contributed by atoms with E-state index in [2.05, 4.69) is 53.1 Å². The molecule has 1 amide bonds. The largest absolute Gasteiger partial charge is 0.346 e. The molecule has 4 rings (SSSR count). The smallest absolute Gasteiger partial charge is 0.274 e. The molecule has 0 aliphatic carbocycles. The first-order valence-corrected chi connectivity index (χ1v) is 9.04. The number of likely N-dealkylation sites (tertiary alicyclic amines) is 2. The Bertz CT molecular complexity index is 812. The van der Waals surface area contributed by atoms with Gasteiger partial charge in [-0.05, 0) is 44.9 Å². The van der Waals surface area contributed by atoms with E-state index < -0.39 is 0 Å². The van der Waals surface area contributed by atoms with E-state index in [9.17, 15) is 4.79 Å². The van der Waals surface area contributed by atoms with Crippen molar-refractivity contribution in [2.45, 2.75) is 26.8 Å². The van der Waals surface area contributed by atoms with Crippen LogP contribution < -0.4 is 0 Å². The number of hydrogen-bond donors (Lipinski definition) is 1. The van der Waals surface area contributed by atoms with E-state index in [-0.39, 0.29) is 5.91 Å². The maximum atomic E-state index is 12.9. The van der Waals surface area contributed by atoms with Crippen LogP contribution in [0.4, 0.5) is 0 Å². The second-order valence-electron chi connectivity index (χ2n) is 7.67. The lowest BCUT2D eigenvalue weighted by atomic mass is 9.88. The highest BCUT2D eigenvalue weighted by Gasteiger charge is 2.47. The zero-order valence-electron chi connectivity index (χ0n) is 15.4. The molecule has 0 bridgehead atoms. The highest BCUT2D eigenvalue weighted by molar-refractivity contribution is 5.93. The fraction of sp³-hybridized carbons (Fsp3) is 0.500. The minimum Gasteiger partial charge on any atom is -0.346 e. The van der Waals surface area contributed by atoms with Crippen molar-refractivity contribution in [1.82, 2.24) is 19.8 Å². The van der Waals surface area contributed by atoms with Crippen molar-refractivity contribution in [2.75, 3.05) is 26.7 Å². The highest BCUT2D eigenvalue weighted by atomic mass is 16.2. The standard InChI is InChI=1S/C20H26N4O/c1-12-7-5-6-8-16(12)19-17-11-24(10-15(17)9-23(19)4)20(25)18-13(2)21-14(3)22-18/h5-8,15,17,19H,9-11H2,1-4H3,(H,21,22)/t15-,17+,19-/m0/s1. The summed E-state index contributed by atoms with van der Waals surface area (Å²) < 4.78 is 0. The lowest BCUT2D eigenvalue weighted by Gasteiger charge is -2.28. The summed E-state index contributed by atoms with van der Waals surface area (Å²) >= 11 is 0. The molecule has 1 aromatic carbocycles. The fourth-order valence-electron chi connectivity index (χ4n) is 4.78. The molecule has 1 aromatic heterocycles. The van der Waals surface area contributed by atoms with Crippen molar-refractivity contribution in [3.05, 3.63) is 52.6 Å². The third-order valence-electron chi connectivity index (χ3n) is 5.89. The van der Waals surface area contributed by atoms with Crippen LogP contribution in [0, 0.1) is 32.6 Å². The van der Waals surface area contributed by atoms with Crippen molar-refractivity contribution in [2.24, 2.45) is 11.8 Å². The summed E-state index contributed by atoms with van der Waals surface area (Å²) in [6, 6.07) is 9.04. The number of imidazole rings is 1. The Morgan fingerprint density at radius 2 is 1.92 bits per heavy atom. The van der Waals surface area contributed by atoms with E-state index in [0.717, 1.165) is 31.2 Å². The Kier molecular flexibility index (Phi) is 3.91. The molecule has 0 saturated carbocycles. The van der Waals surface area contributed by atoms with Crippen molar-refractivity contribution < 1.29 is 4.79 Å². The van der Waals surface area contributed by atoms with Crippen LogP contribution in [0.3, 0.4) is 0 Å². The van der Waals surface area contributed by atoms with Gasteiger partial charge in [0.1, 0.15) is 11.5 Å². The zero-order chi connectivity index (χ0) is 17.7. The highest BCUT2D eigenvalue weighted by Crippen LogP contribution is 2.45. The van der Waals surface area contributed by atoms with Gasteiger partial charge in [0.15, 0.2) is 0 Å². The van der Waals surface area contributed by atoms with Gasteiger partial charge in [0, 0.05) is 37.3 Å². The number of amides is 1. The van der Waals surface area contributed by atoms with Gasteiger partial charge in [0.25, 0.3) is 5.91 Å². The van der Waals surface area contributed by atoms with Crippen LogP contribution in [0.15, 0.2) is 24.3 Å². The molecular weight excluding hydrogens is 312 g/mol. The first-order valence-electron chi connectivity index (χ1n) is 9.04. The van der Waals surface area contributed by atoms with Gasteiger partial charge < -0.3 is 9.88 Å². The molecule has 0 unspecified atom stereocenters. The molecule has 0 spiro atoms. The van der Waals surface area contributed by atoms with Crippen molar-refractivity contribution >= 4 is 5.91 Å². The molecule has 2 aromatic rings. The Morgan fingerprint density at radius 1 is 1.16 bits per heavy atom. The lowest BCUT2D eigenvalue weighted by molar-refractivity contribution is 0.0761. The van der Waals surface area contributed by atoms with Crippen LogP contribution in [-0.2, 0) is 0 Å². The van der Waals surface area contributed by atoms with Crippen LogP contribution in [0.25, 0.3) is 0 Å². The molecule has 3 atom stereocenters. The summed E-state index contributed by atoms with van der Waals surface area (Å²) in [5.41, 5.74) is 4.19. The SMILES string of the molecule is Cc1nc(C(=O)N2C[C@@H]3CN(C)[C@@H](c4ccccc4C)[C@@H]3C2)c(C)[nH]1. The van der Waals surface area contributed by atoms with Gasteiger partial charge in [0.2, 0.25) is 0 Å². The van der Waals surface area contributed by atoms with Crippen LogP contribution >= 0.6 is 0 Å². The molecule has 3 heterocycles. The van der Waals surface area contributed by atoms with Crippen LogP contribution in [-0.4, -0.2) is 52.4 Å². The summed E-state index contributed by atoms with van der Waals surface area (Å²) in [4.78, 5) is 24.9. The number of hydrogen-bond acceptors (Lipinski definition) is 3. The van der Waals surface area contributed by atoms with E-state index in [1.807, 2.05) is 18.7 Å². The average molecular weight is 338 g/mol. The number of nitrogens with one attached hydrogen (secondary N) is 1. The van der Waals surface area contributed by atoms with E-state index in [4.69, 9.17) is 0 Å². The molecular formula is C20H26N4O. The molecule has 0 radical (unpaired) electrons. The molecule has 2 aliphatic rings. The fourth-order valence-corrected chi connectivity index (χ4v) is 4.78. The quantitative estimate of drug-likeness (QED) is 0.916. The second kappa shape index (κ2) is 5.99. The summed E-state index contributed by atoms with van der Waals surface area (Å²) in [7, 11) is 2.21. The van der Waals surface area contributed by atoms with E-state index >= 15 is 0 Å². The van der Waals surface area contributed by atoms with Crippen molar-refractivity contribution in [1.29, 1.82) is 0 Å². The second-order valence-corrected chi connectivity index (χ2v) is 7.67. The summed E-state index contributed by atoms with van der Waals surface area (Å²) in [5, 5.41) is 0. The first-order chi connectivity index (χ1) is 12.0. The Labute approximate surface area is 149 Å². The predicted molar refractivity (Wildman–Crippen MR) is 97.5 cm³/mol. The molecule has 5 nitrogen and oxygen atoms in total. The van der Waals surface area contributed by atoms with Gasteiger partial charge in [0.05, 0.1) is 0 Å². The Hall–Kier alpha value is -2.14. The normalized spacial score (nSPS) is 26.2. The van der Waals surface area contributed by atoms with Gasteiger partial charge in [-0.15, -0.1) is 0 Å². The number of nitrogens with zero attached hydrogens (tertiary/aromatic N) is 3. The van der Waals surface area contributed by atoms with Gasteiger partial charge in [-0.1, -0.05) is 24.3 Å². The lowest BCUT2D eigenvalue weighted by Crippen LogP contribution is -2.34. The number of aryl methyl sites for hydroxylation is 3. The maximum absolute atomic E-state index is 12.9. The molecule has 2 aliphatic heterocycles. The molecule has 2 saturated heterocycles. The molecule has 5 heteroatoms. The zero-order valence-corrected chi connectivity index (χ0v) is 15.4. The van der Waals surface area contributed by atoms with Crippen LogP contribution in [0.5, 0.6) is 0 Å². The third kappa shape index (κ3) is 2.67. The Morgan fingerprint density at radius 3 is 2.60 bits per heavy atom. The molecule has 25 heavy (non-hydrogen) atoms. The number of carbonyl (C=O) groups excluding carboxylic acids is 1. The molecule has 132 valence electrons. The van der Waals surface area contributed by atoms with Crippen molar-refractivity contribution in [3.8, 4) is 0 Å². The third-order valence-corrected chi connectivity index (χ3v) is 5.89. The Balaban J connectivity index is 1.58. The number of benzene rings is 1. The molecule has 2 fully saturated rings. The average Bonchev–Trinajstić information content (AvgIpc) is 3.20. The minimum atomic E-state index is 0.0717. The number of H-pyrrole nitrogens is 1. The summed E-state index contributed by atoms with van der Waals surface area (Å²) in [6.45, 7) is 8.70. The van der Waals surface area contributed by atoms with Crippen LogP contribution in [0.2, 0.25) is 0 Å². The summed E-state index contributed by atoms with van der Waals surface area (Å²) in [5.74, 6) is 1.91. The molecule has 1 N–H and O–H groups in total. The van der Waals surface area contributed by atoms with Gasteiger partial charge in [-0.25, -0.2) is 4.98 Å². The number of aromatic nitrogens is 2. The number of aromatic amines is 1. The first kappa shape index (κ1) is 16.3. The maximum Gasteiger partial charge on any atom is 0.274 e. The summed E-state index contributed by atoms with van der Waals surface area (Å²) in [6.07, 6.45) is 0. The van der Waals surface area contributed by atoms with E-state index in [1.54, 1.807) is 0 Å². The van der Waals surface area contributed by atoms with Gasteiger partial charge in [-0.3, -0.25) is 9.69 Å². The van der Waals surface area contributed by atoms with Gasteiger partial charge >= 0.3 is 0 Å². The van der Waals surface area contributed by atoms with E-state index in [1.165, 1.54) is 11.1 Å². The predicted octanol–water partition coefficient (Wildman–Crippen LogP) is 2.71. The number of carbonyl (C=O) groups is 1. The minimum absolute atomic E-state index is 0.0717. The monoisotopic (exact) mass is 338 g/mol. The number of rotatable bonds is 2. The van der Waals surface area contributed by atoms with Crippen molar-refractivity contribution in [3.63, 3.8) is 0 Å². The number of fused-ring (bicyclic) bond motifs is 1. The topological polar surface area (TPSA) is 52.2 Å². The van der Waals surface area contributed by atoms with E-state index in [0.29, 0.717) is 23.6 Å². The van der Waals surface area contributed by atoms with Crippen LogP contribution in [0.1, 0.15) is 39.2 Å². The van der Waals surface area contributed by atoms with Gasteiger partial charge in [-0.2, -0.15) is 0 Å².